The summed E-state index contributed by atoms with van der Waals surface area (Å²) in [5.41, 5.74) is 0.490. The van der Waals surface area contributed by atoms with Gasteiger partial charge in [-0.25, -0.2) is 4.39 Å². The predicted molar refractivity (Wildman–Crippen MR) is 72.5 cm³/mol. The molecular weight excluding hydrogens is 338 g/mol. The molecule has 0 aliphatic carbocycles. The van der Waals surface area contributed by atoms with Crippen LogP contribution in [0.15, 0.2) is 18.2 Å². The first-order chi connectivity index (χ1) is 8.15. The standard InChI is InChI=1S/C11H14FIN2O2/c1-17-6-5-14-7-10(16)15-9-4-2-3-8(12)11(9)13/h2-4,14H,5-7H2,1H3,(H,15,16). The number of halogens is 2. The van der Waals surface area contributed by atoms with Gasteiger partial charge in [0.25, 0.3) is 0 Å². The Balaban J connectivity index is 2.43. The third-order valence-corrected chi connectivity index (χ3v) is 3.09. The maximum absolute atomic E-state index is 13.2. The summed E-state index contributed by atoms with van der Waals surface area (Å²) in [5, 5.41) is 5.55. The molecule has 0 spiro atoms. The highest BCUT2D eigenvalue weighted by Crippen LogP contribution is 2.20. The number of rotatable bonds is 6. The van der Waals surface area contributed by atoms with Gasteiger partial charge in [0.2, 0.25) is 5.91 Å². The number of nitrogens with one attached hydrogen (secondary N) is 2. The van der Waals surface area contributed by atoms with Crippen molar-refractivity contribution in [3.63, 3.8) is 0 Å². The number of methoxy groups -OCH3 is 1. The molecule has 0 saturated carbocycles. The average Bonchev–Trinajstić information content (AvgIpc) is 2.31. The fourth-order valence-corrected chi connectivity index (χ4v) is 1.67. The number of anilines is 1. The van der Waals surface area contributed by atoms with Crippen molar-refractivity contribution in [2.45, 2.75) is 0 Å². The van der Waals surface area contributed by atoms with Crippen LogP contribution < -0.4 is 10.6 Å². The maximum Gasteiger partial charge on any atom is 0.238 e. The van der Waals surface area contributed by atoms with E-state index in [9.17, 15) is 9.18 Å². The second-order valence-electron chi connectivity index (χ2n) is 3.32. The van der Waals surface area contributed by atoms with Crippen molar-refractivity contribution in [2.75, 3.05) is 32.1 Å². The molecule has 0 aliphatic heterocycles. The summed E-state index contributed by atoms with van der Waals surface area (Å²) in [5.74, 6) is -0.541. The number of ether oxygens (including phenoxy) is 1. The zero-order chi connectivity index (χ0) is 12.7. The molecule has 0 saturated heterocycles. The van der Waals surface area contributed by atoms with Crippen LogP contribution in [0.1, 0.15) is 0 Å². The fourth-order valence-electron chi connectivity index (χ4n) is 1.17. The summed E-state index contributed by atoms with van der Waals surface area (Å²) in [6.45, 7) is 1.32. The van der Waals surface area contributed by atoms with E-state index >= 15 is 0 Å². The Morgan fingerprint density at radius 2 is 2.29 bits per heavy atom. The van der Waals surface area contributed by atoms with E-state index < -0.39 is 0 Å². The molecule has 1 aromatic carbocycles. The van der Waals surface area contributed by atoms with E-state index in [4.69, 9.17) is 4.74 Å². The lowest BCUT2D eigenvalue weighted by molar-refractivity contribution is -0.115. The van der Waals surface area contributed by atoms with E-state index in [2.05, 4.69) is 10.6 Å². The Morgan fingerprint density at radius 3 is 3.00 bits per heavy atom. The number of hydrogen-bond donors (Lipinski definition) is 2. The van der Waals surface area contributed by atoms with Gasteiger partial charge in [0, 0.05) is 13.7 Å². The fraction of sp³-hybridized carbons (Fsp3) is 0.364. The van der Waals surface area contributed by atoms with E-state index in [1.165, 1.54) is 6.07 Å². The third kappa shape index (κ3) is 4.97. The van der Waals surface area contributed by atoms with Crippen molar-refractivity contribution in [1.29, 1.82) is 0 Å². The van der Waals surface area contributed by atoms with Gasteiger partial charge in [-0.2, -0.15) is 0 Å². The molecule has 0 atom stereocenters. The van der Waals surface area contributed by atoms with Crippen molar-refractivity contribution in [2.24, 2.45) is 0 Å². The van der Waals surface area contributed by atoms with Crippen LogP contribution in [0, 0.1) is 9.39 Å². The Labute approximate surface area is 113 Å². The van der Waals surface area contributed by atoms with Gasteiger partial charge in [-0.15, -0.1) is 0 Å². The van der Waals surface area contributed by atoms with Crippen LogP contribution in [0.5, 0.6) is 0 Å². The molecule has 94 valence electrons. The molecule has 1 aromatic rings. The SMILES string of the molecule is COCCNCC(=O)Nc1cccc(F)c1I. The Hall–Kier alpha value is -0.730. The maximum atomic E-state index is 13.2. The van der Waals surface area contributed by atoms with E-state index in [0.717, 1.165) is 0 Å². The average molecular weight is 352 g/mol. The summed E-state index contributed by atoms with van der Waals surface area (Å²) >= 11 is 1.86. The van der Waals surface area contributed by atoms with Gasteiger partial charge in [0.1, 0.15) is 5.82 Å². The topological polar surface area (TPSA) is 50.4 Å². The second-order valence-corrected chi connectivity index (χ2v) is 4.40. The molecule has 0 bridgehead atoms. The highest BCUT2D eigenvalue weighted by Gasteiger charge is 2.07. The minimum atomic E-state index is -0.337. The molecule has 0 aromatic heterocycles. The summed E-state index contributed by atoms with van der Waals surface area (Å²) in [4.78, 5) is 11.5. The normalized spacial score (nSPS) is 10.3. The van der Waals surface area contributed by atoms with Crippen molar-refractivity contribution in [3.8, 4) is 0 Å². The minimum absolute atomic E-state index is 0.177. The molecule has 1 amide bonds. The second kappa shape index (κ2) is 7.57. The predicted octanol–water partition coefficient (Wildman–Crippen LogP) is 1.60. The van der Waals surface area contributed by atoms with Gasteiger partial charge in [0.15, 0.2) is 0 Å². The van der Waals surface area contributed by atoms with Gasteiger partial charge in [-0.05, 0) is 34.7 Å². The summed E-state index contributed by atoms with van der Waals surface area (Å²) < 4.78 is 18.4. The summed E-state index contributed by atoms with van der Waals surface area (Å²) in [6.07, 6.45) is 0. The van der Waals surface area contributed by atoms with Crippen molar-refractivity contribution < 1.29 is 13.9 Å². The zero-order valence-electron chi connectivity index (χ0n) is 9.43. The van der Waals surface area contributed by atoms with Crippen molar-refractivity contribution >= 4 is 34.2 Å². The van der Waals surface area contributed by atoms with Crippen LogP contribution in [-0.4, -0.2) is 32.7 Å². The molecule has 2 N–H and O–H groups in total. The molecule has 17 heavy (non-hydrogen) atoms. The van der Waals surface area contributed by atoms with Crippen LogP contribution >= 0.6 is 22.6 Å². The number of benzene rings is 1. The third-order valence-electron chi connectivity index (χ3n) is 1.99. The van der Waals surface area contributed by atoms with Gasteiger partial charge < -0.3 is 15.4 Å². The van der Waals surface area contributed by atoms with Gasteiger partial charge >= 0.3 is 0 Å². The molecular formula is C11H14FIN2O2. The zero-order valence-corrected chi connectivity index (χ0v) is 11.6. The van der Waals surface area contributed by atoms with Crippen LogP contribution in [0.2, 0.25) is 0 Å². The molecule has 0 radical (unpaired) electrons. The smallest absolute Gasteiger partial charge is 0.238 e. The minimum Gasteiger partial charge on any atom is -0.383 e. The Kier molecular flexibility index (Phi) is 6.38. The lowest BCUT2D eigenvalue weighted by Gasteiger charge is -2.08. The highest BCUT2D eigenvalue weighted by molar-refractivity contribution is 14.1. The Bertz CT molecular complexity index is 388. The van der Waals surface area contributed by atoms with Crippen LogP contribution in [0.4, 0.5) is 10.1 Å². The van der Waals surface area contributed by atoms with Crippen molar-refractivity contribution in [3.05, 3.63) is 27.6 Å². The van der Waals surface area contributed by atoms with Crippen LogP contribution in [0.25, 0.3) is 0 Å². The van der Waals surface area contributed by atoms with Gasteiger partial charge in [-0.3, -0.25) is 4.79 Å². The molecule has 0 aliphatic rings. The number of amides is 1. The molecule has 1 rings (SSSR count). The van der Waals surface area contributed by atoms with E-state index in [1.807, 2.05) is 22.6 Å². The first-order valence-electron chi connectivity index (χ1n) is 5.08. The summed E-state index contributed by atoms with van der Waals surface area (Å²) in [6, 6.07) is 4.58. The molecule has 0 fully saturated rings. The lowest BCUT2D eigenvalue weighted by atomic mass is 10.3. The monoisotopic (exact) mass is 352 g/mol. The first kappa shape index (κ1) is 14.3. The summed E-state index contributed by atoms with van der Waals surface area (Å²) in [7, 11) is 1.59. The van der Waals surface area contributed by atoms with E-state index in [1.54, 1.807) is 19.2 Å². The molecule has 0 unspecified atom stereocenters. The van der Waals surface area contributed by atoms with Gasteiger partial charge in [-0.1, -0.05) is 6.07 Å². The number of carbonyl (C=O) groups excluding carboxylic acids is 1. The number of hydrogen-bond acceptors (Lipinski definition) is 3. The largest absolute Gasteiger partial charge is 0.383 e. The first-order valence-corrected chi connectivity index (χ1v) is 6.16. The molecule has 4 nitrogen and oxygen atoms in total. The quantitative estimate of drug-likeness (QED) is 0.604. The van der Waals surface area contributed by atoms with Crippen LogP contribution in [-0.2, 0) is 9.53 Å². The van der Waals surface area contributed by atoms with Gasteiger partial charge in [0.05, 0.1) is 22.4 Å². The van der Waals surface area contributed by atoms with Crippen LogP contribution in [0.3, 0.4) is 0 Å². The lowest BCUT2D eigenvalue weighted by Crippen LogP contribution is -2.30. The van der Waals surface area contributed by atoms with E-state index in [-0.39, 0.29) is 18.3 Å². The number of carbonyl (C=O) groups is 1. The van der Waals surface area contributed by atoms with Crippen molar-refractivity contribution in [1.82, 2.24) is 5.32 Å². The molecule has 6 heteroatoms. The molecule has 0 heterocycles. The highest BCUT2D eigenvalue weighted by atomic mass is 127. The Morgan fingerprint density at radius 1 is 1.53 bits per heavy atom. The van der Waals surface area contributed by atoms with E-state index in [0.29, 0.717) is 22.4 Å².